The van der Waals surface area contributed by atoms with E-state index >= 15 is 0 Å². The standard InChI is InChI=1S/C29H34ClN3O6S/c1-5-27(29(35)31-6-2)32(19-21-7-13-24(38-3)14-8-21)28(34)20-33(23-11-9-22(30)10-12-23)40(36,37)26-17-15-25(39-4)16-18-26/h7-18,27H,5-6,19-20H2,1-4H3,(H,31,35)/t27-/m0/s1. The van der Waals surface area contributed by atoms with Crippen LogP contribution in [0.1, 0.15) is 25.8 Å². The van der Waals surface area contributed by atoms with Crippen molar-refractivity contribution in [3.05, 3.63) is 83.4 Å². The number of benzene rings is 3. The first kappa shape index (κ1) is 30.8. The fraction of sp³-hybridized carbons (Fsp3) is 0.310. The van der Waals surface area contributed by atoms with E-state index in [1.54, 1.807) is 57.4 Å². The van der Waals surface area contributed by atoms with Crippen molar-refractivity contribution in [3.8, 4) is 11.5 Å². The minimum atomic E-state index is -4.20. The van der Waals surface area contributed by atoms with Crippen LogP contribution in [0.25, 0.3) is 0 Å². The van der Waals surface area contributed by atoms with Gasteiger partial charge >= 0.3 is 0 Å². The second-order valence-corrected chi connectivity index (χ2v) is 11.2. The van der Waals surface area contributed by atoms with E-state index < -0.39 is 28.5 Å². The average Bonchev–Trinajstić information content (AvgIpc) is 2.96. The molecule has 2 amide bonds. The molecule has 3 rings (SSSR count). The monoisotopic (exact) mass is 587 g/mol. The number of ether oxygens (including phenoxy) is 2. The zero-order chi connectivity index (χ0) is 29.3. The number of anilines is 1. The van der Waals surface area contributed by atoms with Crippen molar-refractivity contribution < 1.29 is 27.5 Å². The van der Waals surface area contributed by atoms with Crippen molar-refractivity contribution in [2.45, 2.75) is 37.8 Å². The predicted molar refractivity (Wildman–Crippen MR) is 155 cm³/mol. The highest BCUT2D eigenvalue weighted by atomic mass is 35.5. The van der Waals surface area contributed by atoms with Crippen LogP contribution < -0.4 is 19.1 Å². The molecule has 1 N–H and O–H groups in total. The van der Waals surface area contributed by atoms with Gasteiger partial charge in [0.2, 0.25) is 11.8 Å². The Labute approximate surface area is 240 Å². The number of likely N-dealkylation sites (N-methyl/N-ethyl adjacent to an activating group) is 1. The lowest BCUT2D eigenvalue weighted by Gasteiger charge is -2.33. The summed E-state index contributed by atoms with van der Waals surface area (Å²) in [4.78, 5) is 28.4. The molecule has 3 aromatic carbocycles. The van der Waals surface area contributed by atoms with Crippen LogP contribution in [0.3, 0.4) is 0 Å². The van der Waals surface area contributed by atoms with Crippen LogP contribution in [0.15, 0.2) is 77.7 Å². The molecule has 0 aliphatic rings. The van der Waals surface area contributed by atoms with Crippen molar-refractivity contribution in [3.63, 3.8) is 0 Å². The second kappa shape index (κ2) is 14.0. The molecular formula is C29H34ClN3O6S. The fourth-order valence-corrected chi connectivity index (χ4v) is 5.69. The Morgan fingerprint density at radius 1 is 0.875 bits per heavy atom. The molecule has 0 radical (unpaired) electrons. The minimum Gasteiger partial charge on any atom is -0.497 e. The summed E-state index contributed by atoms with van der Waals surface area (Å²) in [6.07, 6.45) is 0.333. The fourth-order valence-electron chi connectivity index (χ4n) is 4.15. The topological polar surface area (TPSA) is 105 Å². The first-order chi connectivity index (χ1) is 19.1. The maximum atomic E-state index is 14.0. The molecule has 0 aromatic heterocycles. The van der Waals surface area contributed by atoms with Gasteiger partial charge in [0.1, 0.15) is 24.1 Å². The molecule has 11 heteroatoms. The van der Waals surface area contributed by atoms with Gasteiger partial charge < -0.3 is 19.7 Å². The SMILES string of the molecule is CCNC(=O)[C@H](CC)N(Cc1ccc(OC)cc1)C(=O)CN(c1ccc(Cl)cc1)S(=O)(=O)c1ccc(OC)cc1. The van der Waals surface area contributed by atoms with Crippen LogP contribution in [-0.4, -0.2) is 58.5 Å². The van der Waals surface area contributed by atoms with E-state index in [1.807, 2.05) is 0 Å². The van der Waals surface area contributed by atoms with Crippen LogP contribution in [0.4, 0.5) is 5.69 Å². The summed E-state index contributed by atoms with van der Waals surface area (Å²) < 4.78 is 39.2. The predicted octanol–water partition coefficient (Wildman–Crippen LogP) is 4.50. The number of rotatable bonds is 13. The molecule has 0 spiro atoms. The van der Waals surface area contributed by atoms with Gasteiger partial charge in [-0.05, 0) is 79.6 Å². The number of nitrogens with one attached hydrogen (secondary N) is 1. The van der Waals surface area contributed by atoms with Gasteiger partial charge in [-0.1, -0.05) is 30.7 Å². The van der Waals surface area contributed by atoms with Gasteiger partial charge in [0.15, 0.2) is 0 Å². The van der Waals surface area contributed by atoms with Gasteiger partial charge in [-0.25, -0.2) is 8.42 Å². The van der Waals surface area contributed by atoms with Crippen molar-refractivity contribution >= 4 is 39.1 Å². The molecule has 1 atom stereocenters. The zero-order valence-electron chi connectivity index (χ0n) is 23.0. The number of carbonyl (C=O) groups is 2. The largest absolute Gasteiger partial charge is 0.497 e. The molecule has 3 aromatic rings. The van der Waals surface area contributed by atoms with Crippen LogP contribution in [0, 0.1) is 0 Å². The number of hydrogen-bond acceptors (Lipinski definition) is 6. The van der Waals surface area contributed by atoms with E-state index in [2.05, 4.69) is 5.32 Å². The quantitative estimate of drug-likeness (QED) is 0.316. The van der Waals surface area contributed by atoms with E-state index in [0.29, 0.717) is 29.5 Å². The number of halogens is 1. The Kier molecular flexibility index (Phi) is 10.8. The molecule has 0 saturated heterocycles. The van der Waals surface area contributed by atoms with Gasteiger partial charge in [-0.3, -0.25) is 13.9 Å². The van der Waals surface area contributed by atoms with E-state index in [9.17, 15) is 18.0 Å². The number of nitrogens with zero attached hydrogens (tertiary/aromatic N) is 2. The maximum absolute atomic E-state index is 14.0. The summed E-state index contributed by atoms with van der Waals surface area (Å²) in [5.74, 6) is 0.284. The van der Waals surface area contributed by atoms with E-state index in [4.69, 9.17) is 21.1 Å². The molecule has 0 bridgehead atoms. The molecule has 0 aliphatic carbocycles. The summed E-state index contributed by atoms with van der Waals surface area (Å²) in [6, 6.07) is 18.4. The number of hydrogen-bond donors (Lipinski definition) is 1. The van der Waals surface area contributed by atoms with Gasteiger partial charge in [0.25, 0.3) is 10.0 Å². The van der Waals surface area contributed by atoms with Crippen molar-refractivity contribution in [2.24, 2.45) is 0 Å². The third-order valence-corrected chi connectivity index (χ3v) is 8.33. The molecule has 40 heavy (non-hydrogen) atoms. The first-order valence-electron chi connectivity index (χ1n) is 12.8. The Morgan fingerprint density at radius 3 is 1.93 bits per heavy atom. The van der Waals surface area contributed by atoms with Crippen molar-refractivity contribution in [1.82, 2.24) is 10.2 Å². The normalized spacial score (nSPS) is 11.8. The molecule has 0 heterocycles. The Morgan fingerprint density at radius 2 is 1.43 bits per heavy atom. The number of carbonyl (C=O) groups excluding carboxylic acids is 2. The number of sulfonamides is 1. The molecule has 0 fully saturated rings. The number of amides is 2. The lowest BCUT2D eigenvalue weighted by Crippen LogP contribution is -2.52. The van der Waals surface area contributed by atoms with Crippen molar-refractivity contribution in [2.75, 3.05) is 31.6 Å². The van der Waals surface area contributed by atoms with Crippen LogP contribution in [-0.2, 0) is 26.2 Å². The lowest BCUT2D eigenvalue weighted by atomic mass is 10.1. The highest BCUT2D eigenvalue weighted by molar-refractivity contribution is 7.92. The summed E-state index contributed by atoms with van der Waals surface area (Å²) in [6.45, 7) is 3.55. The second-order valence-electron chi connectivity index (χ2n) is 8.85. The number of methoxy groups -OCH3 is 2. The first-order valence-corrected chi connectivity index (χ1v) is 14.6. The van der Waals surface area contributed by atoms with Crippen LogP contribution >= 0.6 is 11.6 Å². The van der Waals surface area contributed by atoms with Crippen molar-refractivity contribution in [1.29, 1.82) is 0 Å². The lowest BCUT2D eigenvalue weighted by molar-refractivity contribution is -0.140. The molecule has 0 unspecified atom stereocenters. The van der Waals surface area contributed by atoms with Gasteiger partial charge in [0.05, 0.1) is 24.8 Å². The maximum Gasteiger partial charge on any atom is 0.264 e. The molecule has 9 nitrogen and oxygen atoms in total. The summed E-state index contributed by atoms with van der Waals surface area (Å²) >= 11 is 6.06. The molecule has 0 aliphatic heterocycles. The van der Waals surface area contributed by atoms with E-state index in [1.165, 1.54) is 48.4 Å². The highest BCUT2D eigenvalue weighted by Gasteiger charge is 2.33. The molecule has 0 saturated carbocycles. The average molecular weight is 588 g/mol. The summed E-state index contributed by atoms with van der Waals surface area (Å²) in [5.41, 5.74) is 1.01. The smallest absolute Gasteiger partial charge is 0.264 e. The highest BCUT2D eigenvalue weighted by Crippen LogP contribution is 2.27. The molecular weight excluding hydrogens is 554 g/mol. The summed E-state index contributed by atoms with van der Waals surface area (Å²) in [5, 5.41) is 3.20. The Hall–Kier alpha value is -3.76. The van der Waals surface area contributed by atoms with E-state index in [-0.39, 0.29) is 23.0 Å². The molecule has 214 valence electrons. The third-order valence-electron chi connectivity index (χ3n) is 6.29. The zero-order valence-corrected chi connectivity index (χ0v) is 24.5. The minimum absolute atomic E-state index is 0.0199. The Balaban J connectivity index is 2.04. The van der Waals surface area contributed by atoms with Crippen LogP contribution in [0.5, 0.6) is 11.5 Å². The third kappa shape index (κ3) is 7.45. The van der Waals surface area contributed by atoms with Gasteiger partial charge in [-0.2, -0.15) is 0 Å². The van der Waals surface area contributed by atoms with E-state index in [0.717, 1.165) is 9.87 Å². The summed E-state index contributed by atoms with van der Waals surface area (Å²) in [7, 11) is -1.15. The van der Waals surface area contributed by atoms with Gasteiger partial charge in [0, 0.05) is 18.1 Å². The van der Waals surface area contributed by atoms with Crippen LogP contribution in [0.2, 0.25) is 5.02 Å². The van der Waals surface area contributed by atoms with Gasteiger partial charge in [-0.15, -0.1) is 0 Å². The Bertz CT molecular complexity index is 1380.